The van der Waals surface area contributed by atoms with Gasteiger partial charge < -0.3 is 5.32 Å². The second-order valence-corrected chi connectivity index (χ2v) is 5.72. The van der Waals surface area contributed by atoms with Gasteiger partial charge in [-0.25, -0.2) is 13.6 Å². The van der Waals surface area contributed by atoms with Crippen LogP contribution in [0.15, 0.2) is 23.1 Å². The van der Waals surface area contributed by atoms with Crippen molar-refractivity contribution in [3.63, 3.8) is 0 Å². The van der Waals surface area contributed by atoms with Crippen LogP contribution in [0.25, 0.3) is 0 Å². The lowest BCUT2D eigenvalue weighted by Gasteiger charge is -2.12. The minimum atomic E-state index is -3.84. The molecule has 94 valence electrons. The number of aryl methyl sites for hydroxylation is 1. The summed E-state index contributed by atoms with van der Waals surface area (Å²) < 4.78 is 22.7. The fourth-order valence-corrected chi connectivity index (χ4v) is 1.94. The molecule has 1 aromatic rings. The lowest BCUT2D eigenvalue weighted by molar-refractivity contribution is -0.118. The van der Waals surface area contributed by atoms with Crippen LogP contribution in [0.2, 0.25) is 0 Å². The van der Waals surface area contributed by atoms with E-state index in [1.807, 2.05) is 0 Å². The van der Waals surface area contributed by atoms with Gasteiger partial charge >= 0.3 is 0 Å². The molecule has 17 heavy (non-hydrogen) atoms. The third-order valence-corrected chi connectivity index (χ3v) is 3.19. The maximum Gasteiger partial charge on any atom is 0.240 e. The second kappa shape index (κ2) is 4.85. The molecule has 0 aliphatic rings. The van der Waals surface area contributed by atoms with Crippen molar-refractivity contribution in [1.29, 1.82) is 0 Å². The predicted octanol–water partition coefficient (Wildman–Crippen LogP) is 1.24. The van der Waals surface area contributed by atoms with Gasteiger partial charge in [0, 0.05) is 5.92 Å². The molecule has 0 fully saturated rings. The Bertz CT molecular complexity index is 536. The van der Waals surface area contributed by atoms with Crippen molar-refractivity contribution >= 4 is 21.6 Å². The fraction of sp³-hybridized carbons (Fsp3) is 0.364. The number of hydrogen-bond donors (Lipinski definition) is 2. The summed E-state index contributed by atoms with van der Waals surface area (Å²) >= 11 is 0. The highest BCUT2D eigenvalue weighted by Crippen LogP contribution is 2.22. The minimum absolute atomic E-state index is 0.0721. The molecule has 0 aliphatic carbocycles. The molecule has 0 bridgehead atoms. The van der Waals surface area contributed by atoms with Gasteiger partial charge in [0.25, 0.3) is 0 Å². The summed E-state index contributed by atoms with van der Waals surface area (Å²) in [6.07, 6.45) is 0. The summed E-state index contributed by atoms with van der Waals surface area (Å²) in [6.45, 7) is 5.25. The van der Waals surface area contributed by atoms with Gasteiger partial charge in [-0.3, -0.25) is 4.79 Å². The molecule has 1 aromatic carbocycles. The molecule has 5 nitrogen and oxygen atoms in total. The first-order valence-electron chi connectivity index (χ1n) is 5.16. The molecule has 0 spiro atoms. The number of carbonyl (C=O) groups excluding carboxylic acids is 1. The van der Waals surface area contributed by atoms with E-state index in [4.69, 9.17) is 5.14 Å². The van der Waals surface area contributed by atoms with Gasteiger partial charge in [0.05, 0.1) is 5.69 Å². The molecule has 1 amide bonds. The van der Waals surface area contributed by atoms with E-state index in [0.29, 0.717) is 0 Å². The fourth-order valence-electron chi connectivity index (χ4n) is 1.27. The molecule has 0 atom stereocenters. The molecule has 1 rings (SSSR count). The van der Waals surface area contributed by atoms with Crippen LogP contribution in [0, 0.1) is 12.8 Å². The van der Waals surface area contributed by atoms with Crippen molar-refractivity contribution in [3.8, 4) is 0 Å². The van der Waals surface area contributed by atoms with E-state index in [1.54, 1.807) is 32.9 Å². The Labute approximate surface area is 101 Å². The number of anilines is 1. The Morgan fingerprint density at radius 2 is 1.94 bits per heavy atom. The van der Waals surface area contributed by atoms with Gasteiger partial charge in [0.15, 0.2) is 0 Å². The Balaban J connectivity index is 3.22. The van der Waals surface area contributed by atoms with Gasteiger partial charge in [-0.1, -0.05) is 19.9 Å². The number of carbonyl (C=O) groups is 1. The quantitative estimate of drug-likeness (QED) is 0.852. The summed E-state index contributed by atoms with van der Waals surface area (Å²) in [4.78, 5) is 11.5. The van der Waals surface area contributed by atoms with Gasteiger partial charge in [-0.15, -0.1) is 0 Å². The minimum Gasteiger partial charge on any atom is -0.325 e. The first-order valence-corrected chi connectivity index (χ1v) is 6.71. The first kappa shape index (κ1) is 13.7. The number of hydrogen-bond acceptors (Lipinski definition) is 3. The van der Waals surface area contributed by atoms with E-state index in [9.17, 15) is 13.2 Å². The van der Waals surface area contributed by atoms with E-state index in [-0.39, 0.29) is 22.4 Å². The van der Waals surface area contributed by atoms with Crippen molar-refractivity contribution in [2.75, 3.05) is 5.32 Å². The number of benzene rings is 1. The number of nitrogens with two attached hydrogens (primary N) is 1. The van der Waals surface area contributed by atoms with Gasteiger partial charge in [0.1, 0.15) is 4.90 Å². The van der Waals surface area contributed by atoms with Crippen molar-refractivity contribution in [2.24, 2.45) is 11.1 Å². The zero-order valence-electron chi connectivity index (χ0n) is 10.0. The summed E-state index contributed by atoms with van der Waals surface area (Å²) in [5.74, 6) is -0.482. The molecule has 0 unspecified atom stereocenters. The molecule has 0 radical (unpaired) electrons. The van der Waals surface area contributed by atoms with E-state index in [0.717, 1.165) is 5.56 Å². The Hall–Kier alpha value is -1.40. The van der Waals surface area contributed by atoms with E-state index >= 15 is 0 Å². The van der Waals surface area contributed by atoms with Crippen LogP contribution in [0.5, 0.6) is 0 Å². The number of rotatable bonds is 3. The average molecular weight is 256 g/mol. The maximum absolute atomic E-state index is 11.6. The Morgan fingerprint density at radius 1 is 1.35 bits per heavy atom. The highest BCUT2D eigenvalue weighted by Gasteiger charge is 2.16. The molecular weight excluding hydrogens is 240 g/mol. The number of sulfonamides is 1. The molecule has 0 aromatic heterocycles. The van der Waals surface area contributed by atoms with E-state index < -0.39 is 10.0 Å². The topological polar surface area (TPSA) is 89.3 Å². The van der Waals surface area contributed by atoms with E-state index in [2.05, 4.69) is 5.32 Å². The molecular formula is C11H16N2O3S. The highest BCUT2D eigenvalue weighted by atomic mass is 32.2. The molecule has 3 N–H and O–H groups in total. The van der Waals surface area contributed by atoms with Crippen LogP contribution < -0.4 is 10.5 Å². The van der Waals surface area contributed by atoms with Crippen LogP contribution in [0.4, 0.5) is 5.69 Å². The third-order valence-electron chi connectivity index (χ3n) is 2.22. The van der Waals surface area contributed by atoms with E-state index in [1.165, 1.54) is 6.07 Å². The summed E-state index contributed by atoms with van der Waals surface area (Å²) in [5, 5.41) is 7.64. The first-order chi connectivity index (χ1) is 7.71. The van der Waals surface area contributed by atoms with Crippen LogP contribution in [-0.4, -0.2) is 14.3 Å². The number of primary sulfonamides is 1. The smallest absolute Gasteiger partial charge is 0.240 e. The van der Waals surface area contributed by atoms with Crippen molar-refractivity contribution in [3.05, 3.63) is 23.8 Å². The Kier molecular flexibility index (Phi) is 3.90. The standard InChI is InChI=1S/C11H16N2O3S/c1-7(2)11(14)13-9-6-8(3)4-5-10(9)17(12,15)16/h4-7H,1-3H3,(H,13,14)(H2,12,15,16). The van der Waals surface area contributed by atoms with Crippen LogP contribution in [0.3, 0.4) is 0 Å². The predicted molar refractivity (Wildman–Crippen MR) is 66.0 cm³/mol. The summed E-state index contributed by atoms with van der Waals surface area (Å²) in [6, 6.07) is 4.60. The molecule has 0 heterocycles. The van der Waals surface area contributed by atoms with Gasteiger partial charge in [-0.05, 0) is 24.6 Å². The number of amides is 1. The zero-order chi connectivity index (χ0) is 13.2. The van der Waals surface area contributed by atoms with Crippen LogP contribution in [-0.2, 0) is 14.8 Å². The molecule has 0 aliphatic heterocycles. The van der Waals surface area contributed by atoms with Crippen LogP contribution >= 0.6 is 0 Å². The SMILES string of the molecule is Cc1ccc(S(N)(=O)=O)c(NC(=O)C(C)C)c1. The Morgan fingerprint density at radius 3 is 2.41 bits per heavy atom. The molecule has 6 heteroatoms. The van der Waals surface area contributed by atoms with Crippen molar-refractivity contribution < 1.29 is 13.2 Å². The van der Waals surface area contributed by atoms with Gasteiger partial charge in [-0.2, -0.15) is 0 Å². The molecule has 0 saturated carbocycles. The summed E-state index contributed by atoms with van der Waals surface area (Å²) in [5.41, 5.74) is 1.07. The number of nitrogens with one attached hydrogen (secondary N) is 1. The largest absolute Gasteiger partial charge is 0.325 e. The van der Waals surface area contributed by atoms with Crippen molar-refractivity contribution in [1.82, 2.24) is 0 Å². The third kappa shape index (κ3) is 3.54. The zero-order valence-corrected chi connectivity index (χ0v) is 10.8. The lowest BCUT2D eigenvalue weighted by atomic mass is 10.2. The summed E-state index contributed by atoms with van der Waals surface area (Å²) in [7, 11) is -3.84. The van der Waals surface area contributed by atoms with Crippen LogP contribution in [0.1, 0.15) is 19.4 Å². The normalized spacial score (nSPS) is 11.6. The molecule has 0 saturated heterocycles. The average Bonchev–Trinajstić information content (AvgIpc) is 2.15. The lowest BCUT2D eigenvalue weighted by Crippen LogP contribution is -2.21. The van der Waals surface area contributed by atoms with Crippen molar-refractivity contribution in [2.45, 2.75) is 25.7 Å². The second-order valence-electron chi connectivity index (χ2n) is 4.19. The monoisotopic (exact) mass is 256 g/mol. The maximum atomic E-state index is 11.6. The van der Waals surface area contributed by atoms with Gasteiger partial charge in [0.2, 0.25) is 15.9 Å². The highest BCUT2D eigenvalue weighted by molar-refractivity contribution is 7.89.